The van der Waals surface area contributed by atoms with Crippen LogP contribution in [0.2, 0.25) is 0 Å². The zero-order valence-corrected chi connectivity index (χ0v) is 14.2. The fourth-order valence-corrected chi connectivity index (χ4v) is 3.08. The highest BCUT2D eigenvalue weighted by Crippen LogP contribution is 2.28. The van der Waals surface area contributed by atoms with E-state index in [1.165, 1.54) is 0 Å². The summed E-state index contributed by atoms with van der Waals surface area (Å²) in [4.78, 5) is 15.6. The van der Waals surface area contributed by atoms with Gasteiger partial charge in [-0.25, -0.2) is 15.0 Å². The maximum atomic E-state index is 5.95. The Balaban J connectivity index is 1.61. The minimum absolute atomic E-state index is 0.127. The van der Waals surface area contributed by atoms with Crippen LogP contribution in [0.3, 0.4) is 0 Å². The molecule has 1 atom stereocenters. The van der Waals surface area contributed by atoms with E-state index in [-0.39, 0.29) is 6.10 Å². The van der Waals surface area contributed by atoms with Crippen LogP contribution in [0.5, 0.6) is 0 Å². The lowest BCUT2D eigenvalue weighted by Crippen LogP contribution is -2.39. The van der Waals surface area contributed by atoms with Gasteiger partial charge in [0.1, 0.15) is 11.9 Å². The Labute approximate surface area is 145 Å². The number of nitrogens with zero attached hydrogens (tertiary/aromatic N) is 5. The quantitative estimate of drug-likeness (QED) is 0.727. The van der Waals surface area contributed by atoms with Crippen LogP contribution >= 0.6 is 0 Å². The van der Waals surface area contributed by atoms with Gasteiger partial charge in [-0.15, -0.1) is 0 Å². The van der Waals surface area contributed by atoms with E-state index in [1.54, 1.807) is 12.4 Å². The monoisotopic (exact) mass is 337 g/mol. The van der Waals surface area contributed by atoms with Crippen molar-refractivity contribution in [2.45, 2.75) is 20.0 Å². The van der Waals surface area contributed by atoms with Gasteiger partial charge in [0, 0.05) is 18.9 Å². The number of anilines is 1. The van der Waals surface area contributed by atoms with Crippen LogP contribution in [0, 0.1) is 13.8 Å². The Morgan fingerprint density at radius 2 is 1.96 bits per heavy atom. The van der Waals surface area contributed by atoms with Gasteiger partial charge < -0.3 is 14.2 Å². The number of morpholine rings is 1. The predicted molar refractivity (Wildman–Crippen MR) is 92.1 cm³/mol. The molecular weight excluding hydrogens is 318 g/mol. The molecule has 0 aromatic carbocycles. The maximum absolute atomic E-state index is 5.95. The zero-order chi connectivity index (χ0) is 17.2. The highest BCUT2D eigenvalue weighted by molar-refractivity contribution is 5.63. The molecule has 25 heavy (non-hydrogen) atoms. The first-order chi connectivity index (χ1) is 12.2. The van der Waals surface area contributed by atoms with E-state index in [0.717, 1.165) is 40.9 Å². The Morgan fingerprint density at radius 3 is 2.72 bits per heavy atom. The number of rotatable bonds is 3. The van der Waals surface area contributed by atoms with Gasteiger partial charge >= 0.3 is 0 Å². The van der Waals surface area contributed by atoms with E-state index in [4.69, 9.17) is 14.2 Å². The van der Waals surface area contributed by atoms with E-state index >= 15 is 0 Å². The fraction of sp³-hybridized carbons (Fsp3) is 0.333. The molecule has 0 aliphatic carbocycles. The second kappa shape index (κ2) is 6.60. The van der Waals surface area contributed by atoms with Crippen LogP contribution < -0.4 is 4.90 Å². The van der Waals surface area contributed by atoms with Crippen LogP contribution in [-0.2, 0) is 4.74 Å². The van der Waals surface area contributed by atoms with Gasteiger partial charge in [-0.3, -0.25) is 0 Å². The fourth-order valence-electron chi connectivity index (χ4n) is 3.08. The molecule has 1 saturated heterocycles. The lowest BCUT2D eigenvalue weighted by molar-refractivity contribution is 0.0365. The summed E-state index contributed by atoms with van der Waals surface area (Å²) < 4.78 is 11.2. The third kappa shape index (κ3) is 3.10. The summed E-state index contributed by atoms with van der Waals surface area (Å²) in [7, 11) is 0. The molecule has 0 bridgehead atoms. The third-order valence-electron chi connectivity index (χ3n) is 4.29. The van der Waals surface area contributed by atoms with Crippen LogP contribution in [-0.4, -0.2) is 39.8 Å². The standard InChI is InChI=1S/C18H19N5O2/c1-12-17(13(2)25-22-12)15-6-3-5-14(21-15)16-11-23(9-10-24-16)18-19-7-4-8-20-18/h3-8,16H,9-11H2,1-2H3. The molecule has 7 heteroatoms. The van der Waals surface area contributed by atoms with Crippen molar-refractivity contribution < 1.29 is 9.26 Å². The van der Waals surface area contributed by atoms with Crippen molar-refractivity contribution in [3.8, 4) is 11.3 Å². The summed E-state index contributed by atoms with van der Waals surface area (Å²) in [5.41, 5.74) is 3.52. The number of hydrogen-bond donors (Lipinski definition) is 0. The van der Waals surface area contributed by atoms with Crippen molar-refractivity contribution in [1.29, 1.82) is 0 Å². The van der Waals surface area contributed by atoms with Crippen molar-refractivity contribution in [1.82, 2.24) is 20.1 Å². The zero-order valence-electron chi connectivity index (χ0n) is 14.2. The molecule has 1 fully saturated rings. The minimum Gasteiger partial charge on any atom is -0.368 e. The molecule has 1 aliphatic heterocycles. The second-order valence-electron chi connectivity index (χ2n) is 6.00. The van der Waals surface area contributed by atoms with Crippen molar-refractivity contribution in [3.63, 3.8) is 0 Å². The van der Waals surface area contributed by atoms with Crippen LogP contribution in [0.1, 0.15) is 23.3 Å². The number of aromatic nitrogens is 4. The highest BCUT2D eigenvalue weighted by Gasteiger charge is 2.25. The van der Waals surface area contributed by atoms with Gasteiger partial charge in [-0.2, -0.15) is 0 Å². The molecule has 1 aliphatic rings. The topological polar surface area (TPSA) is 77.2 Å². The van der Waals surface area contributed by atoms with Gasteiger partial charge in [0.05, 0.1) is 35.8 Å². The average Bonchev–Trinajstić information content (AvgIpc) is 3.01. The van der Waals surface area contributed by atoms with Crippen LogP contribution in [0.25, 0.3) is 11.3 Å². The minimum atomic E-state index is -0.127. The van der Waals surface area contributed by atoms with E-state index in [9.17, 15) is 0 Å². The summed E-state index contributed by atoms with van der Waals surface area (Å²) in [5, 5.41) is 4.02. The number of aryl methyl sites for hydroxylation is 2. The second-order valence-corrected chi connectivity index (χ2v) is 6.00. The summed E-state index contributed by atoms with van der Waals surface area (Å²) >= 11 is 0. The first kappa shape index (κ1) is 15.7. The Kier molecular flexibility index (Phi) is 4.15. The largest absolute Gasteiger partial charge is 0.368 e. The molecule has 0 saturated carbocycles. The van der Waals surface area contributed by atoms with E-state index in [0.29, 0.717) is 13.2 Å². The Bertz CT molecular complexity index is 845. The van der Waals surface area contributed by atoms with E-state index < -0.39 is 0 Å². The normalized spacial score (nSPS) is 17.7. The highest BCUT2D eigenvalue weighted by atomic mass is 16.5. The summed E-state index contributed by atoms with van der Waals surface area (Å²) in [6, 6.07) is 7.76. The van der Waals surface area contributed by atoms with E-state index in [1.807, 2.05) is 38.1 Å². The summed E-state index contributed by atoms with van der Waals surface area (Å²) in [6.07, 6.45) is 3.38. The number of ether oxygens (including phenoxy) is 1. The number of hydrogen-bond acceptors (Lipinski definition) is 7. The predicted octanol–water partition coefficient (Wildman–Crippen LogP) is 2.72. The summed E-state index contributed by atoms with van der Waals surface area (Å²) in [6.45, 7) is 5.87. The van der Waals surface area contributed by atoms with Gasteiger partial charge in [0.15, 0.2) is 0 Å². The molecule has 0 radical (unpaired) electrons. The molecule has 128 valence electrons. The van der Waals surface area contributed by atoms with Crippen LogP contribution in [0.4, 0.5) is 5.95 Å². The lowest BCUT2D eigenvalue weighted by Gasteiger charge is -2.32. The molecule has 1 unspecified atom stereocenters. The van der Waals surface area contributed by atoms with Crippen molar-refractivity contribution in [2.75, 3.05) is 24.6 Å². The van der Waals surface area contributed by atoms with Crippen molar-refractivity contribution in [2.24, 2.45) is 0 Å². The first-order valence-electron chi connectivity index (χ1n) is 8.26. The molecule has 0 spiro atoms. The molecule has 4 rings (SSSR count). The molecule has 3 aromatic heterocycles. The first-order valence-corrected chi connectivity index (χ1v) is 8.26. The third-order valence-corrected chi connectivity index (χ3v) is 4.29. The molecule has 0 amide bonds. The van der Waals surface area contributed by atoms with Gasteiger partial charge in [-0.1, -0.05) is 11.2 Å². The van der Waals surface area contributed by atoms with Crippen molar-refractivity contribution in [3.05, 3.63) is 53.8 Å². The number of pyridine rings is 1. The van der Waals surface area contributed by atoms with Crippen molar-refractivity contribution >= 4 is 5.95 Å². The van der Waals surface area contributed by atoms with Crippen LogP contribution in [0.15, 0.2) is 41.2 Å². The van der Waals surface area contributed by atoms with Gasteiger partial charge in [0.2, 0.25) is 5.95 Å². The molecule has 7 nitrogen and oxygen atoms in total. The Hall–Kier alpha value is -2.80. The summed E-state index contributed by atoms with van der Waals surface area (Å²) in [5.74, 6) is 1.49. The van der Waals surface area contributed by atoms with Gasteiger partial charge in [0.25, 0.3) is 0 Å². The lowest BCUT2D eigenvalue weighted by atomic mass is 10.1. The molecule has 4 heterocycles. The maximum Gasteiger partial charge on any atom is 0.225 e. The van der Waals surface area contributed by atoms with Gasteiger partial charge in [-0.05, 0) is 32.0 Å². The molecule has 3 aromatic rings. The van der Waals surface area contributed by atoms with E-state index in [2.05, 4.69) is 20.0 Å². The molecule has 0 N–H and O–H groups in total. The SMILES string of the molecule is Cc1noc(C)c1-c1cccc(C2CN(c3ncccn3)CCO2)n1. The smallest absolute Gasteiger partial charge is 0.225 e. The average molecular weight is 337 g/mol. The molecular formula is C18H19N5O2. The Morgan fingerprint density at radius 1 is 1.12 bits per heavy atom.